The quantitative estimate of drug-likeness (QED) is 0.752. The van der Waals surface area contributed by atoms with E-state index in [-0.39, 0.29) is 17.9 Å². The van der Waals surface area contributed by atoms with Crippen LogP contribution < -0.4 is 10.6 Å². The summed E-state index contributed by atoms with van der Waals surface area (Å²) in [7, 11) is 0. The molecule has 2 bridgehead atoms. The molecule has 23 heavy (non-hydrogen) atoms. The fraction of sp³-hybridized carbons (Fsp3) is 0.667. The first-order chi connectivity index (χ1) is 11.1. The van der Waals surface area contributed by atoms with E-state index in [1.807, 2.05) is 16.8 Å². The summed E-state index contributed by atoms with van der Waals surface area (Å²) in [5.41, 5.74) is 0.698. The molecule has 4 atom stereocenters. The highest BCUT2D eigenvalue weighted by Crippen LogP contribution is 2.49. The molecule has 0 saturated heterocycles. The summed E-state index contributed by atoms with van der Waals surface area (Å²) in [6.45, 7) is 2.70. The van der Waals surface area contributed by atoms with Gasteiger partial charge in [-0.15, -0.1) is 0 Å². The van der Waals surface area contributed by atoms with Crippen LogP contribution in [0.2, 0.25) is 0 Å². The molecular formula is C18H26N2O2S. The van der Waals surface area contributed by atoms with E-state index in [1.165, 1.54) is 37.0 Å². The molecular weight excluding hydrogens is 308 g/mol. The maximum atomic E-state index is 12.1. The third-order valence-electron chi connectivity index (χ3n) is 5.47. The first-order valence-electron chi connectivity index (χ1n) is 8.73. The van der Waals surface area contributed by atoms with E-state index in [9.17, 15) is 9.59 Å². The Bertz CT molecular complexity index is 543. The third-order valence-corrected chi connectivity index (χ3v) is 6.16. The molecule has 1 heterocycles. The van der Waals surface area contributed by atoms with Crippen LogP contribution in [0.15, 0.2) is 16.8 Å². The van der Waals surface area contributed by atoms with Gasteiger partial charge in [-0.1, -0.05) is 6.42 Å². The summed E-state index contributed by atoms with van der Waals surface area (Å²) in [5.74, 6) is 2.49. The fourth-order valence-electron chi connectivity index (χ4n) is 4.29. The summed E-state index contributed by atoms with van der Waals surface area (Å²) in [4.78, 5) is 23.8. The van der Waals surface area contributed by atoms with Crippen molar-refractivity contribution in [2.24, 2.45) is 17.8 Å². The minimum Gasteiger partial charge on any atom is -0.353 e. The molecule has 2 aliphatic carbocycles. The molecule has 2 amide bonds. The second-order valence-corrected chi connectivity index (χ2v) is 7.85. The topological polar surface area (TPSA) is 58.2 Å². The number of hydrogen-bond acceptors (Lipinski definition) is 3. The van der Waals surface area contributed by atoms with Gasteiger partial charge < -0.3 is 10.6 Å². The van der Waals surface area contributed by atoms with Crippen molar-refractivity contribution in [1.29, 1.82) is 0 Å². The van der Waals surface area contributed by atoms with Gasteiger partial charge in [-0.2, -0.15) is 11.3 Å². The zero-order valence-electron chi connectivity index (χ0n) is 13.7. The Morgan fingerprint density at radius 2 is 2.22 bits per heavy atom. The van der Waals surface area contributed by atoms with Crippen molar-refractivity contribution in [3.05, 3.63) is 22.4 Å². The zero-order chi connectivity index (χ0) is 16.2. The third kappa shape index (κ3) is 4.14. The number of hydrogen-bond donors (Lipinski definition) is 2. The minimum absolute atomic E-state index is 0.0537. The lowest BCUT2D eigenvalue weighted by Crippen LogP contribution is -2.40. The van der Waals surface area contributed by atoms with E-state index in [2.05, 4.69) is 17.6 Å². The lowest BCUT2D eigenvalue weighted by molar-refractivity contribution is -0.122. The summed E-state index contributed by atoms with van der Waals surface area (Å²) in [6, 6.07) is 2.10. The number of amides is 2. The van der Waals surface area contributed by atoms with Gasteiger partial charge in [0, 0.05) is 30.0 Å². The molecule has 4 nitrogen and oxygen atoms in total. The van der Waals surface area contributed by atoms with Crippen LogP contribution in [0.3, 0.4) is 0 Å². The van der Waals surface area contributed by atoms with E-state index < -0.39 is 0 Å². The van der Waals surface area contributed by atoms with E-state index in [1.54, 1.807) is 0 Å². The number of thiophene rings is 1. The normalized spacial score (nSPS) is 26.9. The molecule has 3 rings (SSSR count). The van der Waals surface area contributed by atoms with Gasteiger partial charge in [0.05, 0.1) is 0 Å². The van der Waals surface area contributed by atoms with Crippen molar-refractivity contribution >= 4 is 23.2 Å². The first-order valence-corrected chi connectivity index (χ1v) is 9.67. The molecule has 2 saturated carbocycles. The van der Waals surface area contributed by atoms with Gasteiger partial charge in [-0.05, 0) is 61.8 Å². The van der Waals surface area contributed by atoms with Crippen molar-refractivity contribution in [2.75, 3.05) is 6.54 Å². The largest absolute Gasteiger partial charge is 0.353 e. The molecule has 5 heteroatoms. The Labute approximate surface area is 142 Å². The van der Waals surface area contributed by atoms with Crippen LogP contribution in [0.25, 0.3) is 0 Å². The number of carbonyl (C=O) groups is 2. The SMILES string of the molecule is CC(NC(=O)CCCNC(=O)c1ccsc1)C1CC2CCC1C2. The second kappa shape index (κ2) is 7.47. The zero-order valence-corrected chi connectivity index (χ0v) is 14.5. The first kappa shape index (κ1) is 16.5. The smallest absolute Gasteiger partial charge is 0.252 e. The van der Waals surface area contributed by atoms with Gasteiger partial charge in [-0.25, -0.2) is 0 Å². The number of nitrogens with one attached hydrogen (secondary N) is 2. The van der Waals surface area contributed by atoms with Crippen LogP contribution >= 0.6 is 11.3 Å². The van der Waals surface area contributed by atoms with Crippen LogP contribution in [0.5, 0.6) is 0 Å². The molecule has 1 aromatic rings. The van der Waals surface area contributed by atoms with Gasteiger partial charge in [-0.3, -0.25) is 9.59 Å². The van der Waals surface area contributed by atoms with Gasteiger partial charge in [0.25, 0.3) is 5.91 Å². The monoisotopic (exact) mass is 334 g/mol. The Balaban J connectivity index is 1.31. The fourth-order valence-corrected chi connectivity index (χ4v) is 4.92. The number of carbonyl (C=O) groups excluding carboxylic acids is 2. The van der Waals surface area contributed by atoms with Gasteiger partial charge in [0.1, 0.15) is 0 Å². The molecule has 0 aliphatic heterocycles. The standard InChI is InChI=1S/C18H26N2O2S/c1-12(16-10-13-4-5-14(16)9-13)20-17(21)3-2-7-19-18(22)15-6-8-23-11-15/h6,8,11-14,16H,2-5,7,9-10H2,1H3,(H,19,22)(H,20,21). The lowest BCUT2D eigenvalue weighted by atomic mass is 9.84. The van der Waals surface area contributed by atoms with E-state index in [4.69, 9.17) is 0 Å². The van der Waals surface area contributed by atoms with Crippen LogP contribution in [-0.2, 0) is 4.79 Å². The van der Waals surface area contributed by atoms with Gasteiger partial charge in [0.2, 0.25) is 5.91 Å². The molecule has 4 unspecified atom stereocenters. The molecule has 126 valence electrons. The van der Waals surface area contributed by atoms with Crippen LogP contribution in [0.1, 0.15) is 55.8 Å². The Morgan fingerprint density at radius 1 is 1.35 bits per heavy atom. The molecule has 2 N–H and O–H groups in total. The van der Waals surface area contributed by atoms with Gasteiger partial charge >= 0.3 is 0 Å². The highest BCUT2D eigenvalue weighted by atomic mass is 32.1. The highest BCUT2D eigenvalue weighted by molar-refractivity contribution is 7.08. The van der Waals surface area contributed by atoms with Crippen molar-refractivity contribution < 1.29 is 9.59 Å². The van der Waals surface area contributed by atoms with Crippen LogP contribution in [-0.4, -0.2) is 24.4 Å². The molecule has 0 radical (unpaired) electrons. The Hall–Kier alpha value is -1.36. The molecule has 0 aromatic carbocycles. The minimum atomic E-state index is -0.0537. The maximum Gasteiger partial charge on any atom is 0.252 e. The lowest BCUT2D eigenvalue weighted by Gasteiger charge is -2.28. The van der Waals surface area contributed by atoms with Crippen molar-refractivity contribution in [2.45, 2.75) is 51.5 Å². The van der Waals surface area contributed by atoms with Crippen LogP contribution in [0.4, 0.5) is 0 Å². The summed E-state index contributed by atoms with van der Waals surface area (Å²) < 4.78 is 0. The van der Waals surface area contributed by atoms with Crippen molar-refractivity contribution in [3.8, 4) is 0 Å². The highest BCUT2D eigenvalue weighted by Gasteiger charge is 2.41. The maximum absolute atomic E-state index is 12.1. The number of fused-ring (bicyclic) bond motifs is 2. The molecule has 2 aliphatic rings. The summed E-state index contributed by atoms with van der Waals surface area (Å²) in [6.07, 6.45) is 6.58. The van der Waals surface area contributed by atoms with Crippen molar-refractivity contribution in [1.82, 2.24) is 10.6 Å². The van der Waals surface area contributed by atoms with Crippen molar-refractivity contribution in [3.63, 3.8) is 0 Å². The average Bonchev–Trinajstić information content (AvgIpc) is 3.28. The van der Waals surface area contributed by atoms with Crippen LogP contribution in [0, 0.1) is 17.8 Å². The summed E-state index contributed by atoms with van der Waals surface area (Å²) in [5, 5.41) is 9.75. The van der Waals surface area contributed by atoms with E-state index >= 15 is 0 Å². The molecule has 2 fully saturated rings. The van der Waals surface area contributed by atoms with Gasteiger partial charge in [0.15, 0.2) is 0 Å². The second-order valence-electron chi connectivity index (χ2n) is 7.07. The predicted octanol–water partition coefficient (Wildman–Crippen LogP) is 3.20. The average molecular weight is 334 g/mol. The Kier molecular flexibility index (Phi) is 5.36. The van der Waals surface area contributed by atoms with E-state index in [0.29, 0.717) is 30.9 Å². The number of rotatable bonds is 7. The van der Waals surface area contributed by atoms with E-state index in [0.717, 1.165) is 11.8 Å². The molecule has 1 aromatic heterocycles. The molecule has 0 spiro atoms. The Morgan fingerprint density at radius 3 is 2.87 bits per heavy atom. The predicted molar refractivity (Wildman–Crippen MR) is 92.4 cm³/mol. The summed E-state index contributed by atoms with van der Waals surface area (Å²) >= 11 is 1.51.